The van der Waals surface area contributed by atoms with Gasteiger partial charge in [0.25, 0.3) is 0 Å². The summed E-state index contributed by atoms with van der Waals surface area (Å²) in [5, 5.41) is 11.3. The van der Waals surface area contributed by atoms with Crippen molar-refractivity contribution in [3.05, 3.63) is 42.1 Å². The Balaban J connectivity index is 1.95. The zero-order valence-corrected chi connectivity index (χ0v) is 10.3. The van der Waals surface area contributed by atoms with Gasteiger partial charge in [-0.15, -0.1) is 5.10 Å². The van der Waals surface area contributed by atoms with E-state index in [1.165, 1.54) is 5.56 Å². The van der Waals surface area contributed by atoms with Gasteiger partial charge in [0.05, 0.1) is 6.20 Å². The van der Waals surface area contributed by atoms with Crippen molar-refractivity contribution >= 4 is 5.82 Å². The molecular formula is C13H18N4. The van der Waals surface area contributed by atoms with Gasteiger partial charge >= 0.3 is 0 Å². The van der Waals surface area contributed by atoms with Crippen molar-refractivity contribution in [2.45, 2.75) is 26.3 Å². The van der Waals surface area contributed by atoms with Gasteiger partial charge in [0.2, 0.25) is 0 Å². The van der Waals surface area contributed by atoms with Crippen LogP contribution in [0.15, 0.2) is 36.5 Å². The molecule has 0 bridgehead atoms. The Morgan fingerprint density at radius 2 is 2.06 bits per heavy atom. The van der Waals surface area contributed by atoms with E-state index >= 15 is 0 Å². The molecule has 1 aromatic carbocycles. The third kappa shape index (κ3) is 2.84. The molecule has 0 aliphatic carbocycles. The van der Waals surface area contributed by atoms with Crippen LogP contribution in [0.4, 0.5) is 5.82 Å². The van der Waals surface area contributed by atoms with Crippen molar-refractivity contribution in [1.29, 1.82) is 0 Å². The number of benzene rings is 1. The van der Waals surface area contributed by atoms with Crippen LogP contribution in [0.3, 0.4) is 0 Å². The van der Waals surface area contributed by atoms with E-state index in [4.69, 9.17) is 0 Å². The van der Waals surface area contributed by atoms with Crippen molar-refractivity contribution in [3.63, 3.8) is 0 Å². The Bertz CT molecular complexity index is 449. The van der Waals surface area contributed by atoms with Crippen LogP contribution in [0.1, 0.15) is 25.3 Å². The number of hydrogen-bond acceptors (Lipinski definition) is 3. The van der Waals surface area contributed by atoms with Crippen LogP contribution in [0.2, 0.25) is 0 Å². The number of aryl methyl sites for hydroxylation is 1. The van der Waals surface area contributed by atoms with Gasteiger partial charge in [0, 0.05) is 13.1 Å². The molecule has 1 aromatic heterocycles. The van der Waals surface area contributed by atoms with Crippen LogP contribution in [0, 0.1) is 0 Å². The van der Waals surface area contributed by atoms with Crippen LogP contribution < -0.4 is 5.32 Å². The maximum Gasteiger partial charge on any atom is 0.144 e. The fourth-order valence-corrected chi connectivity index (χ4v) is 1.79. The Kier molecular flexibility index (Phi) is 3.75. The third-order valence-electron chi connectivity index (χ3n) is 2.88. The summed E-state index contributed by atoms with van der Waals surface area (Å²) in [6, 6.07) is 10.5. The molecule has 4 nitrogen and oxygen atoms in total. The first-order chi connectivity index (χ1) is 8.31. The maximum atomic E-state index is 3.99. The van der Waals surface area contributed by atoms with E-state index in [2.05, 4.69) is 53.7 Å². The van der Waals surface area contributed by atoms with Gasteiger partial charge in [-0.05, 0) is 18.4 Å². The summed E-state index contributed by atoms with van der Waals surface area (Å²) in [5.74, 6) is 1.45. The maximum absolute atomic E-state index is 3.99. The molecule has 1 unspecified atom stereocenters. The Hall–Kier alpha value is -1.84. The Morgan fingerprint density at radius 1 is 1.29 bits per heavy atom. The predicted molar refractivity (Wildman–Crippen MR) is 69.0 cm³/mol. The molecular weight excluding hydrogens is 212 g/mol. The lowest BCUT2D eigenvalue weighted by Crippen LogP contribution is -2.13. The minimum atomic E-state index is 0.469. The second kappa shape index (κ2) is 5.48. The highest BCUT2D eigenvalue weighted by atomic mass is 15.4. The fraction of sp³-hybridized carbons (Fsp3) is 0.385. The molecule has 0 saturated carbocycles. The molecule has 0 saturated heterocycles. The number of aromatic nitrogens is 3. The fourth-order valence-electron chi connectivity index (χ4n) is 1.79. The number of rotatable bonds is 5. The van der Waals surface area contributed by atoms with E-state index in [0.717, 1.165) is 18.9 Å². The van der Waals surface area contributed by atoms with E-state index in [0.29, 0.717) is 5.92 Å². The summed E-state index contributed by atoms with van der Waals surface area (Å²) >= 11 is 0. The topological polar surface area (TPSA) is 42.7 Å². The van der Waals surface area contributed by atoms with Crippen molar-refractivity contribution in [3.8, 4) is 0 Å². The van der Waals surface area contributed by atoms with Gasteiger partial charge in [-0.25, -0.2) is 4.68 Å². The highest BCUT2D eigenvalue weighted by molar-refractivity contribution is 5.32. The van der Waals surface area contributed by atoms with Gasteiger partial charge in [0.15, 0.2) is 0 Å². The van der Waals surface area contributed by atoms with E-state index in [1.54, 1.807) is 6.20 Å². The lowest BCUT2D eigenvalue weighted by Gasteiger charge is -2.13. The molecule has 0 amide bonds. The number of hydrogen-bond donors (Lipinski definition) is 1. The quantitative estimate of drug-likeness (QED) is 0.858. The molecule has 0 spiro atoms. The van der Waals surface area contributed by atoms with Crippen LogP contribution in [0.25, 0.3) is 0 Å². The predicted octanol–water partition coefficient (Wildman–Crippen LogP) is 2.51. The Morgan fingerprint density at radius 3 is 2.76 bits per heavy atom. The van der Waals surface area contributed by atoms with Crippen LogP contribution in [0.5, 0.6) is 0 Å². The molecule has 2 aromatic rings. The molecule has 4 heteroatoms. The molecule has 2 rings (SSSR count). The van der Waals surface area contributed by atoms with Crippen molar-refractivity contribution in [1.82, 2.24) is 15.0 Å². The van der Waals surface area contributed by atoms with Crippen molar-refractivity contribution < 1.29 is 0 Å². The highest BCUT2D eigenvalue weighted by Gasteiger charge is 2.06. The van der Waals surface area contributed by atoms with E-state index in [9.17, 15) is 0 Å². The molecule has 0 fully saturated rings. The van der Waals surface area contributed by atoms with Crippen LogP contribution in [-0.4, -0.2) is 21.5 Å². The molecule has 1 N–H and O–H groups in total. The first-order valence-electron chi connectivity index (χ1n) is 5.98. The molecule has 90 valence electrons. The summed E-state index contributed by atoms with van der Waals surface area (Å²) in [5.41, 5.74) is 1.34. The molecule has 1 heterocycles. The zero-order valence-electron chi connectivity index (χ0n) is 10.3. The molecule has 17 heavy (non-hydrogen) atoms. The zero-order chi connectivity index (χ0) is 12.1. The molecule has 0 aliphatic rings. The van der Waals surface area contributed by atoms with Gasteiger partial charge in [-0.1, -0.05) is 42.5 Å². The molecule has 0 aliphatic heterocycles. The summed E-state index contributed by atoms with van der Waals surface area (Å²) in [4.78, 5) is 0. The minimum absolute atomic E-state index is 0.469. The Labute approximate surface area is 102 Å². The van der Waals surface area contributed by atoms with Crippen molar-refractivity contribution in [2.24, 2.45) is 0 Å². The van der Waals surface area contributed by atoms with Crippen LogP contribution in [-0.2, 0) is 6.54 Å². The smallest absolute Gasteiger partial charge is 0.144 e. The number of nitrogens with one attached hydrogen (secondary N) is 1. The lowest BCUT2D eigenvalue weighted by molar-refractivity contribution is 0.628. The summed E-state index contributed by atoms with van der Waals surface area (Å²) in [7, 11) is 0. The number of nitrogens with zero attached hydrogens (tertiary/aromatic N) is 3. The average molecular weight is 230 g/mol. The summed E-state index contributed by atoms with van der Waals surface area (Å²) in [6.45, 7) is 5.99. The minimum Gasteiger partial charge on any atom is -0.368 e. The highest BCUT2D eigenvalue weighted by Crippen LogP contribution is 2.15. The second-order valence-electron chi connectivity index (χ2n) is 4.13. The average Bonchev–Trinajstić information content (AvgIpc) is 2.84. The molecule has 1 atom stereocenters. The standard InChI is InChI=1S/C13H18N4/c1-3-17-13(10-15-16-17)14-9-11(2)12-7-5-4-6-8-12/h4-8,10-11,14H,3,9H2,1-2H3. The second-order valence-corrected chi connectivity index (χ2v) is 4.13. The van der Waals surface area contributed by atoms with E-state index in [-0.39, 0.29) is 0 Å². The number of anilines is 1. The van der Waals surface area contributed by atoms with Gasteiger partial charge < -0.3 is 5.32 Å². The molecule has 0 radical (unpaired) electrons. The monoisotopic (exact) mass is 230 g/mol. The van der Waals surface area contributed by atoms with Gasteiger partial charge in [-0.2, -0.15) is 0 Å². The van der Waals surface area contributed by atoms with E-state index < -0.39 is 0 Å². The first-order valence-corrected chi connectivity index (χ1v) is 5.98. The first kappa shape index (κ1) is 11.6. The van der Waals surface area contributed by atoms with Crippen molar-refractivity contribution in [2.75, 3.05) is 11.9 Å². The largest absolute Gasteiger partial charge is 0.368 e. The van der Waals surface area contributed by atoms with Crippen LogP contribution >= 0.6 is 0 Å². The van der Waals surface area contributed by atoms with Gasteiger partial charge in [0.1, 0.15) is 5.82 Å². The summed E-state index contributed by atoms with van der Waals surface area (Å²) in [6.07, 6.45) is 1.77. The van der Waals surface area contributed by atoms with E-state index in [1.807, 2.05) is 10.7 Å². The lowest BCUT2D eigenvalue weighted by atomic mass is 10.0. The summed E-state index contributed by atoms with van der Waals surface area (Å²) < 4.78 is 1.86. The SMILES string of the molecule is CCn1nncc1NCC(C)c1ccccc1. The van der Waals surface area contributed by atoms with Gasteiger partial charge in [-0.3, -0.25) is 0 Å². The normalized spacial score (nSPS) is 12.4. The third-order valence-corrected chi connectivity index (χ3v) is 2.88.